The quantitative estimate of drug-likeness (QED) is 0.470. The Morgan fingerprint density at radius 2 is 1.96 bits per heavy atom. The van der Waals surface area contributed by atoms with Crippen molar-refractivity contribution in [1.82, 2.24) is 10.4 Å². The van der Waals surface area contributed by atoms with Crippen molar-refractivity contribution in [2.75, 3.05) is 0 Å². The molecular weight excluding hydrogens is 358 g/mol. The van der Waals surface area contributed by atoms with E-state index in [4.69, 9.17) is 16.6 Å². The third-order valence-corrected chi connectivity index (χ3v) is 4.54. The summed E-state index contributed by atoms with van der Waals surface area (Å²) in [4.78, 5) is 17.4. The number of benzene rings is 2. The molecule has 0 unspecified atom stereocenters. The summed E-state index contributed by atoms with van der Waals surface area (Å²) in [5.41, 5.74) is 6.59. The fourth-order valence-electron chi connectivity index (χ4n) is 2.77. The molecule has 0 fully saturated rings. The zero-order valence-electron chi connectivity index (χ0n) is 15.7. The van der Waals surface area contributed by atoms with E-state index in [1.165, 1.54) is 5.56 Å². The second-order valence-electron chi connectivity index (χ2n) is 6.70. The average molecular weight is 380 g/mol. The van der Waals surface area contributed by atoms with Gasteiger partial charge in [-0.15, -0.1) is 0 Å². The second-order valence-corrected chi connectivity index (χ2v) is 7.11. The molecule has 0 aliphatic rings. The number of fused-ring (bicyclic) bond motifs is 1. The average Bonchev–Trinajstić information content (AvgIpc) is 2.67. The Kier molecular flexibility index (Phi) is 5.87. The minimum atomic E-state index is -0.284. The molecule has 0 bridgehead atoms. The molecule has 1 heterocycles. The highest BCUT2D eigenvalue weighted by Crippen LogP contribution is 2.29. The van der Waals surface area contributed by atoms with Gasteiger partial charge >= 0.3 is 0 Å². The molecule has 0 saturated carbocycles. The van der Waals surface area contributed by atoms with Gasteiger partial charge in [0.15, 0.2) is 0 Å². The number of nitrogens with zero attached hydrogens (tertiary/aromatic N) is 2. The Bertz CT molecular complexity index is 994. The number of aryl methyl sites for hydroxylation is 1. The molecule has 0 aliphatic carbocycles. The summed E-state index contributed by atoms with van der Waals surface area (Å²) in [6, 6.07) is 15.4. The molecule has 4 nitrogen and oxygen atoms in total. The summed E-state index contributed by atoms with van der Waals surface area (Å²) >= 11 is 6.36. The predicted molar refractivity (Wildman–Crippen MR) is 112 cm³/mol. The third kappa shape index (κ3) is 4.34. The summed E-state index contributed by atoms with van der Waals surface area (Å²) in [6.07, 6.45) is 2.66. The molecule has 1 N–H and O–H groups in total. The van der Waals surface area contributed by atoms with Crippen molar-refractivity contribution >= 4 is 34.6 Å². The zero-order valence-corrected chi connectivity index (χ0v) is 16.4. The molecule has 3 aromatic rings. The molecule has 0 spiro atoms. The molecule has 2 aromatic carbocycles. The van der Waals surface area contributed by atoms with Crippen LogP contribution < -0.4 is 5.43 Å². The van der Waals surface area contributed by atoms with E-state index in [-0.39, 0.29) is 11.8 Å². The van der Waals surface area contributed by atoms with Crippen molar-refractivity contribution < 1.29 is 4.79 Å². The molecule has 5 heteroatoms. The minimum Gasteiger partial charge on any atom is -0.267 e. The van der Waals surface area contributed by atoms with Crippen LogP contribution in [0.2, 0.25) is 5.02 Å². The Balaban J connectivity index is 2.10. The van der Waals surface area contributed by atoms with Crippen LogP contribution in [-0.4, -0.2) is 17.1 Å². The van der Waals surface area contributed by atoms with Crippen LogP contribution in [0.1, 0.15) is 36.7 Å². The first kappa shape index (κ1) is 19.1. The number of rotatable bonds is 5. The smallest absolute Gasteiger partial charge is 0.267 e. The monoisotopic (exact) mass is 379 g/mol. The maximum atomic E-state index is 12.7. The maximum absolute atomic E-state index is 12.7. The Labute approximate surface area is 164 Å². The largest absolute Gasteiger partial charge is 0.272 e. The number of carbonyl (C=O) groups is 1. The first-order chi connectivity index (χ1) is 13.0. The number of hydrogen-bond donors (Lipinski definition) is 1. The van der Waals surface area contributed by atoms with E-state index in [0.29, 0.717) is 27.2 Å². The lowest BCUT2D eigenvalue weighted by molar-refractivity contribution is 0.0956. The molecule has 0 aliphatic heterocycles. The number of pyridine rings is 1. The summed E-state index contributed by atoms with van der Waals surface area (Å²) < 4.78 is 0. The summed E-state index contributed by atoms with van der Waals surface area (Å²) in [6.45, 7) is 6.10. The number of amides is 1. The highest BCUT2D eigenvalue weighted by molar-refractivity contribution is 6.35. The van der Waals surface area contributed by atoms with Crippen molar-refractivity contribution in [3.8, 4) is 11.3 Å². The lowest BCUT2D eigenvalue weighted by atomic mass is 10.0. The van der Waals surface area contributed by atoms with Crippen LogP contribution in [0, 0.1) is 5.92 Å². The van der Waals surface area contributed by atoms with Gasteiger partial charge in [0.05, 0.1) is 21.8 Å². The second kappa shape index (κ2) is 8.31. The Morgan fingerprint density at radius 3 is 2.63 bits per heavy atom. The topological polar surface area (TPSA) is 54.4 Å². The Hall–Kier alpha value is -2.72. The van der Waals surface area contributed by atoms with Crippen molar-refractivity contribution in [2.45, 2.75) is 27.2 Å². The van der Waals surface area contributed by atoms with Gasteiger partial charge in [-0.3, -0.25) is 4.79 Å². The van der Waals surface area contributed by atoms with Crippen LogP contribution in [0.5, 0.6) is 0 Å². The molecule has 3 rings (SSSR count). The molecule has 0 atom stereocenters. The van der Waals surface area contributed by atoms with Crippen molar-refractivity contribution in [3.63, 3.8) is 0 Å². The number of halogens is 1. The number of nitrogens with one attached hydrogen (secondary N) is 1. The van der Waals surface area contributed by atoms with Gasteiger partial charge in [0, 0.05) is 17.2 Å². The number of aromatic nitrogens is 1. The van der Waals surface area contributed by atoms with E-state index in [9.17, 15) is 4.79 Å². The van der Waals surface area contributed by atoms with Crippen molar-refractivity contribution in [1.29, 1.82) is 0 Å². The Morgan fingerprint density at radius 1 is 1.22 bits per heavy atom. The van der Waals surface area contributed by atoms with Crippen LogP contribution in [0.4, 0.5) is 0 Å². The van der Waals surface area contributed by atoms with E-state index in [1.807, 2.05) is 38.1 Å². The number of carbonyl (C=O) groups excluding carboxylic acids is 1. The highest BCUT2D eigenvalue weighted by Gasteiger charge is 2.15. The van der Waals surface area contributed by atoms with Gasteiger partial charge in [0.25, 0.3) is 5.91 Å². The van der Waals surface area contributed by atoms with E-state index in [0.717, 1.165) is 12.0 Å². The number of hydrogen-bond acceptors (Lipinski definition) is 3. The van der Waals surface area contributed by atoms with Crippen LogP contribution in [-0.2, 0) is 6.42 Å². The fraction of sp³-hybridized carbons (Fsp3) is 0.227. The van der Waals surface area contributed by atoms with Crippen LogP contribution in [0.3, 0.4) is 0 Å². The lowest BCUT2D eigenvalue weighted by Crippen LogP contribution is -2.18. The minimum absolute atomic E-state index is 0.251. The third-order valence-electron chi connectivity index (χ3n) is 4.23. The van der Waals surface area contributed by atoms with Crippen LogP contribution >= 0.6 is 11.6 Å². The maximum Gasteiger partial charge on any atom is 0.272 e. The van der Waals surface area contributed by atoms with Gasteiger partial charge in [-0.05, 0) is 30.0 Å². The lowest BCUT2D eigenvalue weighted by Gasteiger charge is -2.10. The molecular formula is C22H22ClN3O. The van der Waals surface area contributed by atoms with E-state index < -0.39 is 0 Å². The zero-order chi connectivity index (χ0) is 19.4. The molecule has 1 aromatic heterocycles. The van der Waals surface area contributed by atoms with Crippen LogP contribution in [0.25, 0.3) is 22.2 Å². The summed E-state index contributed by atoms with van der Waals surface area (Å²) in [5.74, 6) is -0.0328. The van der Waals surface area contributed by atoms with Gasteiger partial charge in [0.1, 0.15) is 0 Å². The normalized spacial score (nSPS) is 11.4. The molecule has 0 radical (unpaired) electrons. The van der Waals surface area contributed by atoms with Gasteiger partial charge in [0.2, 0.25) is 0 Å². The summed E-state index contributed by atoms with van der Waals surface area (Å²) in [7, 11) is 0. The van der Waals surface area contributed by atoms with E-state index >= 15 is 0 Å². The molecule has 27 heavy (non-hydrogen) atoms. The van der Waals surface area contributed by atoms with E-state index in [1.54, 1.807) is 18.3 Å². The number of hydrazone groups is 1. The van der Waals surface area contributed by atoms with E-state index in [2.05, 4.69) is 29.6 Å². The van der Waals surface area contributed by atoms with Gasteiger partial charge in [-0.1, -0.05) is 68.8 Å². The van der Waals surface area contributed by atoms with Gasteiger partial charge < -0.3 is 0 Å². The van der Waals surface area contributed by atoms with Gasteiger partial charge in [-0.2, -0.15) is 5.10 Å². The number of para-hydroxylation sites is 1. The predicted octanol–water partition coefficient (Wildman–Crippen LogP) is 5.49. The first-order valence-corrected chi connectivity index (χ1v) is 9.39. The molecule has 1 amide bonds. The highest BCUT2D eigenvalue weighted by atomic mass is 35.5. The summed E-state index contributed by atoms with van der Waals surface area (Å²) in [5, 5.41) is 5.24. The first-order valence-electron chi connectivity index (χ1n) is 9.01. The van der Waals surface area contributed by atoms with Crippen molar-refractivity contribution in [3.05, 3.63) is 64.7 Å². The standard InChI is InChI=1S/C22H22ClN3O/c1-4-15-8-10-16(11-9-15)20-12-18(22(27)26-24-13-14(2)3)17-6-5-7-19(23)21(17)25-20/h5-14H,4H2,1-3H3,(H,26,27)/b24-13+. The molecule has 138 valence electrons. The van der Waals surface area contributed by atoms with Gasteiger partial charge in [-0.25, -0.2) is 10.4 Å². The van der Waals surface area contributed by atoms with Crippen LogP contribution in [0.15, 0.2) is 53.6 Å². The van der Waals surface area contributed by atoms with Crippen molar-refractivity contribution in [2.24, 2.45) is 11.0 Å². The molecule has 0 saturated heterocycles. The SMILES string of the molecule is CCc1ccc(-c2cc(C(=O)N/N=C/C(C)C)c3cccc(Cl)c3n2)cc1. The fourth-order valence-corrected chi connectivity index (χ4v) is 2.98.